The van der Waals surface area contributed by atoms with Gasteiger partial charge in [0.05, 0.1) is 17.7 Å². The van der Waals surface area contributed by atoms with Crippen LogP contribution in [0.1, 0.15) is 58.3 Å². The molecule has 0 saturated carbocycles. The zero-order valence-corrected chi connectivity index (χ0v) is 18.1. The Morgan fingerprint density at radius 1 is 1.19 bits per heavy atom. The minimum atomic E-state index is -0.760. The van der Waals surface area contributed by atoms with Crippen LogP contribution in [0, 0.1) is 13.8 Å². The number of rotatable bonds is 5. The molecule has 1 aliphatic heterocycles. The number of fused-ring (bicyclic) bond motifs is 1. The quantitative estimate of drug-likeness (QED) is 0.665. The molecular weight excluding hydrogens is 390 g/mol. The van der Waals surface area contributed by atoms with Crippen LogP contribution in [0.3, 0.4) is 0 Å². The van der Waals surface area contributed by atoms with Crippen molar-refractivity contribution >= 4 is 17.6 Å². The van der Waals surface area contributed by atoms with Gasteiger partial charge in [-0.25, -0.2) is 4.98 Å². The highest BCUT2D eigenvalue weighted by Crippen LogP contribution is 2.45. The molecule has 0 aromatic carbocycles. The first kappa shape index (κ1) is 20.7. The van der Waals surface area contributed by atoms with Gasteiger partial charge in [0.25, 0.3) is 5.91 Å². The van der Waals surface area contributed by atoms with Crippen LogP contribution in [-0.2, 0) is 16.8 Å². The van der Waals surface area contributed by atoms with Crippen LogP contribution in [-0.4, -0.2) is 26.8 Å². The van der Waals surface area contributed by atoms with Gasteiger partial charge in [0.2, 0.25) is 5.91 Å². The largest absolute Gasteiger partial charge is 0.345 e. The molecule has 1 aliphatic rings. The van der Waals surface area contributed by atoms with E-state index < -0.39 is 5.41 Å². The Hall–Kier alpha value is -3.61. The molecule has 0 radical (unpaired) electrons. The predicted octanol–water partition coefficient (Wildman–Crippen LogP) is 3.43. The average Bonchev–Trinajstić information content (AvgIpc) is 3.02. The monoisotopic (exact) mass is 415 g/mol. The molecule has 158 valence electrons. The number of carbonyl (C=O) groups is 2. The molecule has 0 unspecified atom stereocenters. The van der Waals surface area contributed by atoms with E-state index in [2.05, 4.69) is 25.6 Å². The van der Waals surface area contributed by atoms with Crippen molar-refractivity contribution < 1.29 is 9.59 Å². The molecule has 0 bridgehead atoms. The number of anilines is 1. The number of hydrogen-bond donors (Lipinski definition) is 2. The number of amides is 2. The first-order chi connectivity index (χ1) is 14.8. The molecule has 4 rings (SSSR count). The van der Waals surface area contributed by atoms with E-state index in [0.717, 1.165) is 28.1 Å². The van der Waals surface area contributed by atoms with Gasteiger partial charge < -0.3 is 10.6 Å². The summed E-state index contributed by atoms with van der Waals surface area (Å²) in [4.78, 5) is 38.4. The Kier molecular flexibility index (Phi) is 5.27. The Labute approximate surface area is 181 Å². The van der Waals surface area contributed by atoms with Crippen molar-refractivity contribution in [2.24, 2.45) is 0 Å². The van der Waals surface area contributed by atoms with Crippen molar-refractivity contribution in [1.82, 2.24) is 20.3 Å². The lowest BCUT2D eigenvalue weighted by molar-refractivity contribution is -0.120. The fourth-order valence-electron chi connectivity index (χ4n) is 4.12. The van der Waals surface area contributed by atoms with Gasteiger partial charge in [0, 0.05) is 29.6 Å². The smallest absolute Gasteiger partial charge is 0.270 e. The molecule has 2 amide bonds. The van der Waals surface area contributed by atoms with Gasteiger partial charge in [-0.05, 0) is 56.2 Å². The standard InChI is InChI=1S/C24H25N5O2/c1-14-10-15(2)28-18(11-14)13-27-22(30)20-8-7-17(12-26-20)16(3)24(4)19-6-5-9-25-21(19)29-23(24)31/h5-12,16H,13H2,1-4H3,(H,27,30)(H,25,29,31)/t16-,24-/m1/s1. The summed E-state index contributed by atoms with van der Waals surface area (Å²) in [7, 11) is 0. The minimum absolute atomic E-state index is 0.0866. The van der Waals surface area contributed by atoms with Crippen molar-refractivity contribution in [3.8, 4) is 0 Å². The van der Waals surface area contributed by atoms with Crippen LogP contribution in [0.25, 0.3) is 0 Å². The van der Waals surface area contributed by atoms with Gasteiger partial charge in [-0.2, -0.15) is 0 Å². The molecule has 4 heterocycles. The van der Waals surface area contributed by atoms with E-state index in [0.29, 0.717) is 18.1 Å². The van der Waals surface area contributed by atoms with Crippen molar-refractivity contribution in [2.75, 3.05) is 5.32 Å². The third-order valence-corrected chi connectivity index (χ3v) is 6.04. The van der Waals surface area contributed by atoms with E-state index in [9.17, 15) is 9.59 Å². The van der Waals surface area contributed by atoms with E-state index in [4.69, 9.17) is 0 Å². The molecule has 2 N–H and O–H groups in total. The van der Waals surface area contributed by atoms with E-state index in [-0.39, 0.29) is 17.7 Å². The van der Waals surface area contributed by atoms with E-state index in [1.807, 2.05) is 58.0 Å². The summed E-state index contributed by atoms with van der Waals surface area (Å²) in [6, 6.07) is 11.2. The topological polar surface area (TPSA) is 96.9 Å². The Balaban J connectivity index is 1.49. The Bertz CT molecular complexity index is 1140. The summed E-state index contributed by atoms with van der Waals surface area (Å²) in [5, 5.41) is 5.73. The number of pyridine rings is 3. The van der Waals surface area contributed by atoms with Gasteiger partial charge >= 0.3 is 0 Å². The third-order valence-electron chi connectivity index (χ3n) is 6.04. The summed E-state index contributed by atoms with van der Waals surface area (Å²) >= 11 is 0. The maximum atomic E-state index is 12.8. The van der Waals surface area contributed by atoms with Crippen LogP contribution >= 0.6 is 0 Å². The van der Waals surface area contributed by atoms with Crippen LogP contribution in [0.2, 0.25) is 0 Å². The fourth-order valence-corrected chi connectivity index (χ4v) is 4.12. The highest BCUT2D eigenvalue weighted by molar-refractivity contribution is 6.05. The van der Waals surface area contributed by atoms with Crippen LogP contribution in [0.4, 0.5) is 5.82 Å². The van der Waals surface area contributed by atoms with Crippen molar-refractivity contribution in [3.05, 3.63) is 82.6 Å². The van der Waals surface area contributed by atoms with Gasteiger partial charge in [-0.3, -0.25) is 19.6 Å². The lowest BCUT2D eigenvalue weighted by Crippen LogP contribution is -2.36. The molecule has 3 aromatic rings. The summed E-state index contributed by atoms with van der Waals surface area (Å²) in [5.74, 6) is 0.101. The van der Waals surface area contributed by atoms with Crippen LogP contribution in [0.15, 0.2) is 48.8 Å². The van der Waals surface area contributed by atoms with Crippen molar-refractivity contribution in [1.29, 1.82) is 0 Å². The highest BCUT2D eigenvalue weighted by atomic mass is 16.2. The predicted molar refractivity (Wildman–Crippen MR) is 118 cm³/mol. The van der Waals surface area contributed by atoms with Crippen molar-refractivity contribution in [2.45, 2.75) is 45.6 Å². The summed E-state index contributed by atoms with van der Waals surface area (Å²) < 4.78 is 0. The Morgan fingerprint density at radius 3 is 2.71 bits per heavy atom. The molecule has 7 heteroatoms. The second-order valence-electron chi connectivity index (χ2n) is 8.21. The summed E-state index contributed by atoms with van der Waals surface area (Å²) in [6.45, 7) is 8.17. The lowest BCUT2D eigenvalue weighted by atomic mass is 9.71. The molecule has 0 fully saturated rings. The van der Waals surface area contributed by atoms with Gasteiger partial charge in [-0.1, -0.05) is 19.1 Å². The number of hydrogen-bond acceptors (Lipinski definition) is 5. The van der Waals surface area contributed by atoms with Gasteiger partial charge in [0.15, 0.2) is 0 Å². The third kappa shape index (κ3) is 3.79. The number of carbonyl (C=O) groups excluding carboxylic acids is 2. The first-order valence-corrected chi connectivity index (χ1v) is 10.2. The molecular formula is C24H25N5O2. The highest BCUT2D eigenvalue weighted by Gasteiger charge is 2.47. The van der Waals surface area contributed by atoms with Crippen molar-refractivity contribution in [3.63, 3.8) is 0 Å². The first-order valence-electron chi connectivity index (χ1n) is 10.2. The maximum absolute atomic E-state index is 12.8. The molecule has 0 spiro atoms. The van der Waals surface area contributed by atoms with Crippen LogP contribution < -0.4 is 10.6 Å². The SMILES string of the molecule is Cc1cc(C)nc(CNC(=O)c2ccc([C@@H](C)[C@@]3(C)C(=O)Nc4ncccc43)cn2)c1. The number of aryl methyl sites for hydroxylation is 2. The minimum Gasteiger partial charge on any atom is -0.345 e. The fraction of sp³-hybridized carbons (Fsp3) is 0.292. The molecule has 2 atom stereocenters. The van der Waals surface area contributed by atoms with Gasteiger partial charge in [-0.15, -0.1) is 0 Å². The molecule has 0 saturated heterocycles. The summed E-state index contributed by atoms with van der Waals surface area (Å²) in [6.07, 6.45) is 3.33. The second kappa shape index (κ2) is 7.91. The normalized spacial score (nSPS) is 18.3. The maximum Gasteiger partial charge on any atom is 0.270 e. The molecule has 3 aromatic heterocycles. The second-order valence-corrected chi connectivity index (χ2v) is 8.21. The van der Waals surface area contributed by atoms with E-state index in [1.54, 1.807) is 18.5 Å². The average molecular weight is 415 g/mol. The molecule has 7 nitrogen and oxygen atoms in total. The molecule has 0 aliphatic carbocycles. The Morgan fingerprint density at radius 2 is 2.00 bits per heavy atom. The zero-order valence-electron chi connectivity index (χ0n) is 18.1. The number of aromatic nitrogens is 3. The van der Waals surface area contributed by atoms with E-state index >= 15 is 0 Å². The lowest BCUT2D eigenvalue weighted by Gasteiger charge is -2.29. The molecule has 31 heavy (non-hydrogen) atoms. The number of nitrogens with zero attached hydrogens (tertiary/aromatic N) is 3. The zero-order chi connectivity index (χ0) is 22.2. The van der Waals surface area contributed by atoms with E-state index in [1.165, 1.54) is 0 Å². The van der Waals surface area contributed by atoms with Crippen LogP contribution in [0.5, 0.6) is 0 Å². The number of nitrogens with one attached hydrogen (secondary N) is 2. The van der Waals surface area contributed by atoms with Gasteiger partial charge in [0.1, 0.15) is 11.5 Å². The summed E-state index contributed by atoms with van der Waals surface area (Å²) in [5.41, 5.74) is 4.14.